The molecular weight excluding hydrogens is 272 g/mol. The summed E-state index contributed by atoms with van der Waals surface area (Å²) in [6, 6.07) is 3.65. The van der Waals surface area contributed by atoms with Crippen molar-refractivity contribution in [1.82, 2.24) is 25.6 Å². The molecule has 8 nitrogen and oxygen atoms in total. The number of nitrogens with one attached hydrogen (secondary N) is 1. The van der Waals surface area contributed by atoms with Crippen LogP contribution < -0.4 is 0 Å². The van der Waals surface area contributed by atoms with E-state index < -0.39 is 0 Å². The second-order valence-electron chi connectivity index (χ2n) is 4.74. The molecule has 0 bridgehead atoms. The number of tetrazole rings is 1. The number of rotatable bonds is 4. The minimum Gasteiger partial charge on any atom is -0.363 e. The van der Waals surface area contributed by atoms with Gasteiger partial charge in [-0.15, -0.1) is 10.2 Å². The first kappa shape index (κ1) is 13.6. The van der Waals surface area contributed by atoms with E-state index in [0.29, 0.717) is 17.2 Å². The van der Waals surface area contributed by atoms with E-state index in [9.17, 15) is 0 Å². The summed E-state index contributed by atoms with van der Waals surface area (Å²) in [6.07, 6.45) is 4.47. The normalized spacial score (nSPS) is 19.5. The van der Waals surface area contributed by atoms with Gasteiger partial charge in [-0.05, 0) is 37.1 Å². The molecule has 3 heterocycles. The summed E-state index contributed by atoms with van der Waals surface area (Å²) in [7, 11) is 0. The van der Waals surface area contributed by atoms with Crippen LogP contribution in [0.4, 0.5) is 0 Å². The van der Waals surface area contributed by atoms with Crippen LogP contribution in [0.15, 0.2) is 23.5 Å². The zero-order chi connectivity index (χ0) is 14.5. The number of ether oxygens (including phenoxy) is 1. The molecule has 1 atom stereocenters. The third kappa shape index (κ3) is 3.40. The second kappa shape index (κ2) is 6.40. The minimum atomic E-state index is -0.255. The lowest BCUT2D eigenvalue weighted by Crippen LogP contribution is -2.20. The molecule has 1 saturated heterocycles. The first-order valence-corrected chi connectivity index (χ1v) is 6.85. The maximum Gasteiger partial charge on any atom is 0.226 e. The summed E-state index contributed by atoms with van der Waals surface area (Å²) in [5.41, 5.74) is 2.19. The van der Waals surface area contributed by atoms with Crippen LogP contribution in [0.1, 0.15) is 31.9 Å². The molecule has 0 aromatic carbocycles. The molecule has 1 aliphatic heterocycles. The van der Waals surface area contributed by atoms with Crippen LogP contribution in [0.5, 0.6) is 0 Å². The van der Waals surface area contributed by atoms with Crippen LogP contribution in [0, 0.1) is 0 Å². The van der Waals surface area contributed by atoms with Gasteiger partial charge in [0.25, 0.3) is 0 Å². The second-order valence-corrected chi connectivity index (χ2v) is 4.74. The Morgan fingerprint density at radius 2 is 2.43 bits per heavy atom. The number of hydrogen-bond donors (Lipinski definition) is 1. The zero-order valence-electron chi connectivity index (χ0n) is 11.7. The van der Waals surface area contributed by atoms with E-state index in [2.05, 4.69) is 30.8 Å². The summed E-state index contributed by atoms with van der Waals surface area (Å²) in [6.45, 7) is 2.57. The Kier molecular flexibility index (Phi) is 4.15. The Labute approximate surface area is 121 Å². The van der Waals surface area contributed by atoms with Crippen LogP contribution >= 0.6 is 0 Å². The highest BCUT2D eigenvalue weighted by Gasteiger charge is 2.15. The van der Waals surface area contributed by atoms with Gasteiger partial charge in [0.2, 0.25) is 12.1 Å². The predicted octanol–water partition coefficient (Wildman–Crippen LogP) is 1.53. The van der Waals surface area contributed by atoms with Crippen molar-refractivity contribution in [2.75, 3.05) is 6.61 Å². The number of nitrogens with zero attached hydrogens (tertiary/aromatic N) is 5. The van der Waals surface area contributed by atoms with Gasteiger partial charge >= 0.3 is 0 Å². The van der Waals surface area contributed by atoms with Gasteiger partial charge < -0.3 is 9.57 Å². The first-order valence-electron chi connectivity index (χ1n) is 6.85. The molecule has 2 aromatic rings. The van der Waals surface area contributed by atoms with Crippen LogP contribution in [0.3, 0.4) is 0 Å². The highest BCUT2D eigenvalue weighted by atomic mass is 16.8. The van der Waals surface area contributed by atoms with Gasteiger partial charge in [-0.25, -0.2) is 0 Å². The molecule has 0 radical (unpaired) electrons. The van der Waals surface area contributed by atoms with E-state index in [0.717, 1.165) is 31.4 Å². The topological polar surface area (TPSA) is 98.2 Å². The third-order valence-corrected chi connectivity index (χ3v) is 3.18. The molecule has 0 spiro atoms. The van der Waals surface area contributed by atoms with E-state index in [1.54, 1.807) is 6.20 Å². The standard InChI is InChI=1S/C13H16N6O2/c1-9(17-21-12-4-2-3-7-20-12)11-8-10(5-6-14-11)13-15-18-19-16-13/h5-6,8,12H,2-4,7H2,1H3,(H,15,16,18,19)/b17-9+. The Morgan fingerprint density at radius 1 is 1.48 bits per heavy atom. The SMILES string of the molecule is C/C(=N\OC1CCCCO1)c1cc(-c2nn[nH]n2)ccn1. The van der Waals surface area contributed by atoms with Crippen molar-refractivity contribution in [2.45, 2.75) is 32.5 Å². The number of aromatic amines is 1. The highest BCUT2D eigenvalue weighted by Crippen LogP contribution is 2.16. The fourth-order valence-corrected chi connectivity index (χ4v) is 2.03. The molecule has 1 aliphatic rings. The molecule has 1 N–H and O–H groups in total. The van der Waals surface area contributed by atoms with Crippen molar-refractivity contribution in [3.05, 3.63) is 24.0 Å². The van der Waals surface area contributed by atoms with E-state index in [1.807, 2.05) is 19.1 Å². The molecular formula is C13H16N6O2. The van der Waals surface area contributed by atoms with E-state index >= 15 is 0 Å². The maximum absolute atomic E-state index is 5.46. The smallest absolute Gasteiger partial charge is 0.226 e. The largest absolute Gasteiger partial charge is 0.363 e. The summed E-state index contributed by atoms with van der Waals surface area (Å²) in [5, 5.41) is 18.0. The van der Waals surface area contributed by atoms with Crippen molar-refractivity contribution in [3.63, 3.8) is 0 Å². The minimum absolute atomic E-state index is 0.255. The van der Waals surface area contributed by atoms with Crippen LogP contribution in [0.2, 0.25) is 0 Å². The summed E-state index contributed by atoms with van der Waals surface area (Å²) in [5.74, 6) is 0.517. The monoisotopic (exact) mass is 288 g/mol. The number of H-pyrrole nitrogens is 1. The van der Waals surface area contributed by atoms with Gasteiger partial charge in [-0.2, -0.15) is 5.21 Å². The molecule has 0 saturated carbocycles. The van der Waals surface area contributed by atoms with Crippen molar-refractivity contribution < 1.29 is 9.57 Å². The molecule has 1 unspecified atom stereocenters. The highest BCUT2D eigenvalue weighted by molar-refractivity contribution is 5.97. The van der Waals surface area contributed by atoms with Crippen molar-refractivity contribution in [3.8, 4) is 11.4 Å². The number of hydrogen-bond acceptors (Lipinski definition) is 7. The number of pyridine rings is 1. The summed E-state index contributed by atoms with van der Waals surface area (Å²) in [4.78, 5) is 9.68. The molecule has 3 rings (SSSR count). The lowest BCUT2D eigenvalue weighted by molar-refractivity contribution is -0.162. The fraction of sp³-hybridized carbons (Fsp3) is 0.462. The lowest BCUT2D eigenvalue weighted by Gasteiger charge is -2.20. The van der Waals surface area contributed by atoms with Crippen molar-refractivity contribution >= 4 is 5.71 Å². The quantitative estimate of drug-likeness (QED) is 0.676. The van der Waals surface area contributed by atoms with Crippen LogP contribution in [-0.4, -0.2) is 44.2 Å². The summed E-state index contributed by atoms with van der Waals surface area (Å²) < 4.78 is 5.46. The Bertz CT molecular complexity index is 607. The lowest BCUT2D eigenvalue weighted by atomic mass is 10.2. The van der Waals surface area contributed by atoms with Crippen LogP contribution in [0.25, 0.3) is 11.4 Å². The van der Waals surface area contributed by atoms with Gasteiger partial charge in [0.1, 0.15) is 5.71 Å². The van der Waals surface area contributed by atoms with Gasteiger partial charge in [-0.1, -0.05) is 5.16 Å². The molecule has 8 heteroatoms. The van der Waals surface area contributed by atoms with Gasteiger partial charge in [0.05, 0.1) is 12.3 Å². The molecule has 2 aromatic heterocycles. The molecule has 0 aliphatic carbocycles. The molecule has 0 amide bonds. The fourth-order valence-electron chi connectivity index (χ4n) is 2.03. The maximum atomic E-state index is 5.46. The van der Waals surface area contributed by atoms with Gasteiger partial charge in [-0.3, -0.25) is 4.98 Å². The third-order valence-electron chi connectivity index (χ3n) is 3.18. The average Bonchev–Trinajstić information content (AvgIpc) is 3.08. The predicted molar refractivity (Wildman–Crippen MR) is 74.3 cm³/mol. The number of oxime groups is 1. The van der Waals surface area contributed by atoms with Crippen molar-refractivity contribution in [1.29, 1.82) is 0 Å². The Hall–Kier alpha value is -2.35. The number of aromatic nitrogens is 5. The van der Waals surface area contributed by atoms with Crippen molar-refractivity contribution in [2.24, 2.45) is 5.16 Å². The molecule has 1 fully saturated rings. The molecule has 110 valence electrons. The first-order chi connectivity index (χ1) is 10.3. The average molecular weight is 288 g/mol. The zero-order valence-corrected chi connectivity index (χ0v) is 11.7. The Balaban J connectivity index is 1.71. The van der Waals surface area contributed by atoms with E-state index in [4.69, 9.17) is 9.57 Å². The van der Waals surface area contributed by atoms with Gasteiger partial charge in [0.15, 0.2) is 0 Å². The van der Waals surface area contributed by atoms with E-state index in [-0.39, 0.29) is 6.29 Å². The van der Waals surface area contributed by atoms with Crippen LogP contribution in [-0.2, 0) is 9.57 Å². The Morgan fingerprint density at radius 3 is 3.19 bits per heavy atom. The van der Waals surface area contributed by atoms with E-state index in [1.165, 1.54) is 0 Å². The molecule has 21 heavy (non-hydrogen) atoms. The van der Waals surface area contributed by atoms with Gasteiger partial charge in [0, 0.05) is 18.2 Å². The summed E-state index contributed by atoms with van der Waals surface area (Å²) >= 11 is 0.